The predicted octanol–water partition coefficient (Wildman–Crippen LogP) is 3.82. The zero-order valence-corrected chi connectivity index (χ0v) is 16.5. The summed E-state index contributed by atoms with van der Waals surface area (Å²) in [6, 6.07) is 4.50. The second-order valence-electron chi connectivity index (χ2n) is 6.63. The number of nitrogens with one attached hydrogen (secondary N) is 1. The van der Waals surface area contributed by atoms with Crippen LogP contribution in [0.2, 0.25) is 5.02 Å². The summed E-state index contributed by atoms with van der Waals surface area (Å²) in [4.78, 5) is 12.5. The van der Waals surface area contributed by atoms with Gasteiger partial charge in [-0.2, -0.15) is 4.31 Å². The molecule has 1 fully saturated rings. The Balaban J connectivity index is 2.13. The number of amides is 1. The average Bonchev–Trinajstić information content (AvgIpc) is 3.10. The molecule has 0 unspecified atom stereocenters. The summed E-state index contributed by atoms with van der Waals surface area (Å²) >= 11 is 6.12. The van der Waals surface area contributed by atoms with E-state index in [0.29, 0.717) is 18.7 Å². The molecule has 0 aromatic heterocycles. The lowest BCUT2D eigenvalue weighted by Gasteiger charge is -2.18. The van der Waals surface area contributed by atoms with Gasteiger partial charge >= 0.3 is 0 Å². The number of halogens is 1. The molecule has 0 radical (unpaired) electrons. The first-order valence-electron chi connectivity index (χ1n) is 8.97. The molecule has 0 saturated carbocycles. The van der Waals surface area contributed by atoms with E-state index in [1.54, 1.807) is 6.07 Å². The van der Waals surface area contributed by atoms with E-state index in [-0.39, 0.29) is 21.9 Å². The van der Waals surface area contributed by atoms with Gasteiger partial charge in [0.05, 0.1) is 5.02 Å². The summed E-state index contributed by atoms with van der Waals surface area (Å²) in [7, 11) is -3.65. The number of carbonyl (C=O) groups excluding carboxylic acids is 1. The van der Waals surface area contributed by atoms with E-state index in [9.17, 15) is 13.2 Å². The van der Waals surface area contributed by atoms with E-state index in [4.69, 9.17) is 11.6 Å². The van der Waals surface area contributed by atoms with Crippen LogP contribution >= 0.6 is 11.6 Å². The highest BCUT2D eigenvalue weighted by atomic mass is 35.5. The van der Waals surface area contributed by atoms with Gasteiger partial charge in [-0.15, -0.1) is 0 Å². The fourth-order valence-corrected chi connectivity index (χ4v) is 5.01. The number of carbonyl (C=O) groups is 1. The second kappa shape index (κ2) is 9.01. The zero-order chi connectivity index (χ0) is 18.4. The van der Waals surface area contributed by atoms with Gasteiger partial charge in [-0.3, -0.25) is 4.79 Å². The standard InChI is InChI=1S/C18H27ClN2O3S/c1-3-4-5-8-14(2)20-18(22)15-9-10-16(19)17(13-15)25(23,24)21-11-6-7-12-21/h9-10,13-14H,3-8,11-12H2,1-2H3,(H,20,22)/t14-/m1/s1. The lowest BCUT2D eigenvalue weighted by molar-refractivity contribution is 0.0937. The molecule has 1 amide bonds. The Morgan fingerprint density at radius 1 is 1.28 bits per heavy atom. The van der Waals surface area contributed by atoms with Gasteiger partial charge in [-0.1, -0.05) is 37.8 Å². The first kappa shape index (κ1) is 20.2. The molecule has 1 heterocycles. The van der Waals surface area contributed by atoms with E-state index < -0.39 is 10.0 Å². The molecule has 1 saturated heterocycles. The Kier molecular flexibility index (Phi) is 7.28. The van der Waals surface area contributed by atoms with Crippen LogP contribution in [0.4, 0.5) is 0 Å². The molecule has 5 nitrogen and oxygen atoms in total. The van der Waals surface area contributed by atoms with Crippen molar-refractivity contribution in [3.8, 4) is 0 Å². The molecule has 0 bridgehead atoms. The van der Waals surface area contributed by atoms with E-state index in [0.717, 1.165) is 38.5 Å². The number of unbranched alkanes of at least 4 members (excludes halogenated alkanes) is 2. The number of hydrogen-bond donors (Lipinski definition) is 1. The van der Waals surface area contributed by atoms with Gasteiger partial charge in [0.2, 0.25) is 10.0 Å². The average molecular weight is 387 g/mol. The molecule has 0 spiro atoms. The van der Waals surface area contributed by atoms with Crippen LogP contribution in [0.15, 0.2) is 23.1 Å². The fraction of sp³-hybridized carbons (Fsp3) is 0.611. The molecular formula is C18H27ClN2O3S. The quantitative estimate of drug-likeness (QED) is 0.690. The lowest BCUT2D eigenvalue weighted by atomic mass is 10.1. The molecule has 1 N–H and O–H groups in total. The second-order valence-corrected chi connectivity index (χ2v) is 8.94. The summed E-state index contributed by atoms with van der Waals surface area (Å²) in [5, 5.41) is 3.08. The normalized spacial score (nSPS) is 16.8. The van der Waals surface area contributed by atoms with Gasteiger partial charge < -0.3 is 5.32 Å². The summed E-state index contributed by atoms with van der Waals surface area (Å²) in [5.74, 6) is -0.265. The van der Waals surface area contributed by atoms with Crippen molar-refractivity contribution in [2.24, 2.45) is 0 Å². The summed E-state index contributed by atoms with van der Waals surface area (Å²) in [6.45, 7) is 5.11. The Bertz CT molecular complexity index is 700. The van der Waals surface area contributed by atoms with Crippen molar-refractivity contribution in [3.63, 3.8) is 0 Å². The van der Waals surface area contributed by atoms with Crippen LogP contribution in [0, 0.1) is 0 Å². The number of hydrogen-bond acceptors (Lipinski definition) is 3. The third-order valence-electron chi connectivity index (χ3n) is 4.49. The minimum Gasteiger partial charge on any atom is -0.350 e. The van der Waals surface area contributed by atoms with Crippen molar-refractivity contribution in [2.75, 3.05) is 13.1 Å². The smallest absolute Gasteiger partial charge is 0.251 e. The van der Waals surface area contributed by atoms with Gasteiger partial charge in [0, 0.05) is 24.7 Å². The zero-order valence-electron chi connectivity index (χ0n) is 14.9. The number of rotatable bonds is 8. The summed E-state index contributed by atoms with van der Waals surface area (Å²) in [5.41, 5.74) is 0.324. The number of sulfonamides is 1. The van der Waals surface area contributed by atoms with E-state index in [1.807, 2.05) is 6.92 Å². The minimum atomic E-state index is -3.65. The highest BCUT2D eigenvalue weighted by Crippen LogP contribution is 2.28. The van der Waals surface area contributed by atoms with Crippen molar-refractivity contribution >= 4 is 27.5 Å². The molecule has 1 aromatic carbocycles. The number of benzene rings is 1. The van der Waals surface area contributed by atoms with E-state index >= 15 is 0 Å². The molecule has 1 aliphatic heterocycles. The molecule has 1 aromatic rings. The van der Waals surface area contributed by atoms with Crippen molar-refractivity contribution < 1.29 is 13.2 Å². The van der Waals surface area contributed by atoms with Crippen LogP contribution in [0.1, 0.15) is 62.7 Å². The monoisotopic (exact) mass is 386 g/mol. The molecule has 0 aliphatic carbocycles. The molecule has 7 heteroatoms. The van der Waals surface area contributed by atoms with Crippen LogP contribution in [0.25, 0.3) is 0 Å². The van der Waals surface area contributed by atoms with E-state index in [1.165, 1.54) is 16.4 Å². The topological polar surface area (TPSA) is 66.5 Å². The molecule has 1 aliphatic rings. The van der Waals surface area contributed by atoms with Gasteiger partial charge in [0.15, 0.2) is 0 Å². The highest BCUT2D eigenvalue weighted by Gasteiger charge is 2.29. The maximum atomic E-state index is 12.7. The van der Waals surface area contributed by atoms with Crippen LogP contribution < -0.4 is 5.32 Å². The molecule has 25 heavy (non-hydrogen) atoms. The fourth-order valence-electron chi connectivity index (χ4n) is 2.99. The first-order valence-corrected chi connectivity index (χ1v) is 10.8. The van der Waals surface area contributed by atoms with Crippen LogP contribution in [0.3, 0.4) is 0 Å². The van der Waals surface area contributed by atoms with Crippen molar-refractivity contribution in [1.82, 2.24) is 9.62 Å². The molecule has 140 valence electrons. The lowest BCUT2D eigenvalue weighted by Crippen LogP contribution is -2.33. The van der Waals surface area contributed by atoms with Gasteiger partial charge in [0.25, 0.3) is 5.91 Å². The summed E-state index contributed by atoms with van der Waals surface area (Å²) in [6.07, 6.45) is 5.95. The minimum absolute atomic E-state index is 0.0161. The van der Waals surface area contributed by atoms with Crippen LogP contribution in [0.5, 0.6) is 0 Å². The van der Waals surface area contributed by atoms with Crippen LogP contribution in [-0.2, 0) is 10.0 Å². The third kappa shape index (κ3) is 5.19. The van der Waals surface area contributed by atoms with Gasteiger partial charge in [0.1, 0.15) is 4.90 Å². The van der Waals surface area contributed by atoms with Gasteiger partial charge in [-0.25, -0.2) is 8.42 Å². The maximum Gasteiger partial charge on any atom is 0.251 e. The van der Waals surface area contributed by atoms with E-state index in [2.05, 4.69) is 12.2 Å². The predicted molar refractivity (Wildman–Crippen MR) is 101 cm³/mol. The maximum absolute atomic E-state index is 12.7. The SMILES string of the molecule is CCCCC[C@@H](C)NC(=O)c1ccc(Cl)c(S(=O)(=O)N2CCCC2)c1. The number of nitrogens with zero attached hydrogens (tertiary/aromatic N) is 1. The highest BCUT2D eigenvalue weighted by molar-refractivity contribution is 7.89. The van der Waals surface area contributed by atoms with Gasteiger partial charge in [-0.05, 0) is 44.4 Å². The first-order chi connectivity index (χ1) is 11.9. The Morgan fingerprint density at radius 3 is 2.60 bits per heavy atom. The Hall–Kier alpha value is -1.11. The molecular weight excluding hydrogens is 360 g/mol. The Morgan fingerprint density at radius 2 is 1.96 bits per heavy atom. The third-order valence-corrected chi connectivity index (χ3v) is 6.87. The molecule has 2 rings (SSSR count). The Labute approximate surface area is 155 Å². The summed E-state index contributed by atoms with van der Waals surface area (Å²) < 4.78 is 26.9. The van der Waals surface area contributed by atoms with Crippen LogP contribution in [-0.4, -0.2) is 37.8 Å². The van der Waals surface area contributed by atoms with Crippen molar-refractivity contribution in [2.45, 2.75) is 63.3 Å². The van der Waals surface area contributed by atoms with Crippen molar-refractivity contribution in [3.05, 3.63) is 28.8 Å². The molecule has 1 atom stereocenters. The largest absolute Gasteiger partial charge is 0.350 e. The van der Waals surface area contributed by atoms with Crippen molar-refractivity contribution in [1.29, 1.82) is 0 Å².